The van der Waals surface area contributed by atoms with Gasteiger partial charge in [0.05, 0.1) is 6.42 Å². The molecule has 1 amide bonds. The molecule has 1 heterocycles. The minimum atomic E-state index is -0.540. The van der Waals surface area contributed by atoms with Gasteiger partial charge in [-0.3, -0.25) is 9.59 Å². The van der Waals surface area contributed by atoms with E-state index >= 15 is 0 Å². The summed E-state index contributed by atoms with van der Waals surface area (Å²) < 4.78 is 19.4. The van der Waals surface area contributed by atoms with Crippen LogP contribution in [0.5, 0.6) is 0 Å². The average Bonchev–Trinajstić information content (AvgIpc) is 3.08. The molecule has 0 bridgehead atoms. The zero-order chi connectivity index (χ0) is 20.6. The molecule has 5 nitrogen and oxygen atoms in total. The summed E-state index contributed by atoms with van der Waals surface area (Å²) in [5, 5.41) is 0. The van der Waals surface area contributed by atoms with Gasteiger partial charge in [0.15, 0.2) is 0 Å². The van der Waals surface area contributed by atoms with E-state index in [-0.39, 0.29) is 54.1 Å². The summed E-state index contributed by atoms with van der Waals surface area (Å²) in [5.74, 6) is -0.349. The fourth-order valence-corrected chi connectivity index (χ4v) is 4.33. The maximum atomic E-state index is 13.3. The van der Waals surface area contributed by atoms with E-state index in [1.165, 1.54) is 12.1 Å². The number of benzene rings is 1. The number of likely N-dealkylation sites (tertiary alicyclic amines) is 1. The highest BCUT2D eigenvalue weighted by Gasteiger charge is 2.60. The number of Topliss-reactive ketones (excluding diaryl/α,β-unsaturated/α-hetero) is 2. The van der Waals surface area contributed by atoms with Crippen LogP contribution < -0.4 is 0 Å². The lowest BCUT2D eigenvalue weighted by atomic mass is 10.0. The van der Waals surface area contributed by atoms with Crippen molar-refractivity contribution in [2.24, 2.45) is 17.8 Å². The van der Waals surface area contributed by atoms with E-state index in [1.807, 2.05) is 20.8 Å². The van der Waals surface area contributed by atoms with Crippen molar-refractivity contribution in [1.29, 1.82) is 0 Å². The zero-order valence-electron chi connectivity index (χ0n) is 16.3. The van der Waals surface area contributed by atoms with Gasteiger partial charge in [0, 0.05) is 29.9 Å². The molecule has 28 heavy (non-hydrogen) atoms. The van der Waals surface area contributed by atoms with E-state index in [2.05, 4.69) is 15.9 Å². The number of aryl methyl sites for hydroxylation is 1. The fourth-order valence-electron chi connectivity index (χ4n) is 3.89. The number of ether oxygens (including phenoxy) is 1. The van der Waals surface area contributed by atoms with E-state index in [0.717, 1.165) is 10.0 Å². The molecule has 0 radical (unpaired) electrons. The maximum absolute atomic E-state index is 13.3. The highest BCUT2D eigenvalue weighted by molar-refractivity contribution is 9.10. The molecule has 2 fully saturated rings. The smallest absolute Gasteiger partial charge is 0.410 e. The van der Waals surface area contributed by atoms with E-state index < -0.39 is 5.60 Å². The molecule has 1 aliphatic heterocycles. The summed E-state index contributed by atoms with van der Waals surface area (Å²) >= 11 is 3.35. The first-order valence-corrected chi connectivity index (χ1v) is 10.3. The van der Waals surface area contributed by atoms with Gasteiger partial charge < -0.3 is 9.64 Å². The molecule has 0 aromatic heterocycles. The summed E-state index contributed by atoms with van der Waals surface area (Å²) in [4.78, 5) is 38.4. The minimum Gasteiger partial charge on any atom is -0.444 e. The van der Waals surface area contributed by atoms with Crippen molar-refractivity contribution in [3.8, 4) is 0 Å². The normalized spacial score (nSPS) is 23.3. The number of carbonyl (C=O) groups excluding carboxylic acids is 3. The highest BCUT2D eigenvalue weighted by Crippen LogP contribution is 2.52. The summed E-state index contributed by atoms with van der Waals surface area (Å²) in [7, 11) is 0. The van der Waals surface area contributed by atoms with Gasteiger partial charge in [0.1, 0.15) is 23.0 Å². The molecular weight excluding hydrogens is 429 g/mol. The third-order valence-electron chi connectivity index (χ3n) is 5.27. The summed E-state index contributed by atoms with van der Waals surface area (Å²) in [5.41, 5.74) is 0.180. The number of hydrogen-bond donors (Lipinski definition) is 0. The number of halogens is 2. The van der Waals surface area contributed by atoms with Crippen LogP contribution in [0.15, 0.2) is 22.7 Å². The molecule has 1 aromatic rings. The Morgan fingerprint density at radius 1 is 1.21 bits per heavy atom. The quantitative estimate of drug-likeness (QED) is 0.606. The largest absolute Gasteiger partial charge is 0.444 e. The molecule has 1 aromatic carbocycles. The molecule has 152 valence electrons. The van der Waals surface area contributed by atoms with Crippen LogP contribution in [0, 0.1) is 23.6 Å². The first kappa shape index (κ1) is 21.0. The summed E-state index contributed by atoms with van der Waals surface area (Å²) in [6, 6.07) is 4.36. The lowest BCUT2D eigenvalue weighted by molar-refractivity contribution is -0.128. The number of rotatable bonds is 6. The van der Waals surface area contributed by atoms with Crippen LogP contribution in [0.2, 0.25) is 0 Å². The zero-order valence-corrected chi connectivity index (χ0v) is 17.9. The van der Waals surface area contributed by atoms with Crippen molar-refractivity contribution in [3.05, 3.63) is 34.1 Å². The number of carbonyl (C=O) groups is 3. The Hall–Kier alpha value is -1.76. The number of hydrogen-bond acceptors (Lipinski definition) is 4. The standard InChI is InChI=1S/C21H25BrFNO4/c1-21(2,3)28-20(27)24-10-15-16(11-24)19(15)18(26)9-14(25)6-4-12-8-13(23)5-7-17(12)22/h5,7-8,15-16,19H,4,6,9-11H2,1-3H3. The van der Waals surface area contributed by atoms with Crippen LogP contribution in [-0.2, 0) is 20.7 Å². The molecule has 2 aliphatic rings. The van der Waals surface area contributed by atoms with E-state index in [9.17, 15) is 18.8 Å². The van der Waals surface area contributed by atoms with Gasteiger partial charge in [0.2, 0.25) is 0 Å². The fraction of sp³-hybridized carbons (Fsp3) is 0.571. The highest BCUT2D eigenvalue weighted by atomic mass is 79.9. The van der Waals surface area contributed by atoms with Gasteiger partial charge in [-0.1, -0.05) is 15.9 Å². The van der Waals surface area contributed by atoms with Crippen LogP contribution in [0.1, 0.15) is 39.2 Å². The van der Waals surface area contributed by atoms with E-state index in [4.69, 9.17) is 4.74 Å². The van der Waals surface area contributed by atoms with Crippen LogP contribution in [0.4, 0.5) is 9.18 Å². The third-order valence-corrected chi connectivity index (χ3v) is 6.04. The predicted octanol–water partition coefficient (Wildman–Crippen LogP) is 4.16. The number of nitrogens with zero attached hydrogens (tertiary/aromatic N) is 1. The number of amides is 1. The maximum Gasteiger partial charge on any atom is 0.410 e. The van der Waals surface area contributed by atoms with Gasteiger partial charge in [-0.25, -0.2) is 9.18 Å². The SMILES string of the molecule is CC(C)(C)OC(=O)N1CC2C(C1)C2C(=O)CC(=O)CCc1cc(F)ccc1Br. The first-order chi connectivity index (χ1) is 13.0. The second-order valence-electron chi connectivity index (χ2n) is 8.66. The molecule has 1 saturated heterocycles. The van der Waals surface area contributed by atoms with Gasteiger partial charge in [-0.05, 0) is 62.8 Å². The molecule has 1 aliphatic carbocycles. The topological polar surface area (TPSA) is 63.7 Å². The average molecular weight is 454 g/mol. The Morgan fingerprint density at radius 3 is 2.46 bits per heavy atom. The van der Waals surface area contributed by atoms with Gasteiger partial charge in [0.25, 0.3) is 0 Å². The van der Waals surface area contributed by atoms with Gasteiger partial charge in [-0.15, -0.1) is 0 Å². The Balaban J connectivity index is 1.43. The molecule has 3 rings (SSSR count). The summed E-state index contributed by atoms with van der Waals surface area (Å²) in [6.07, 6.45) is 0.174. The van der Waals surface area contributed by atoms with E-state index in [0.29, 0.717) is 19.5 Å². The van der Waals surface area contributed by atoms with Crippen molar-refractivity contribution < 1.29 is 23.5 Å². The van der Waals surface area contributed by atoms with Crippen LogP contribution >= 0.6 is 15.9 Å². The molecular formula is C21H25BrFNO4. The Kier molecular flexibility index (Phi) is 5.94. The summed E-state index contributed by atoms with van der Waals surface area (Å²) in [6.45, 7) is 6.49. The number of ketones is 2. The molecule has 7 heteroatoms. The number of fused-ring (bicyclic) bond motifs is 1. The Labute approximate surface area is 172 Å². The van der Waals surface area contributed by atoms with Crippen molar-refractivity contribution in [2.75, 3.05) is 13.1 Å². The predicted molar refractivity (Wildman–Crippen MR) is 105 cm³/mol. The molecule has 0 spiro atoms. The Bertz CT molecular complexity index is 792. The molecule has 2 atom stereocenters. The third kappa shape index (κ3) is 4.99. The van der Waals surface area contributed by atoms with Crippen molar-refractivity contribution in [3.63, 3.8) is 0 Å². The molecule has 2 unspecified atom stereocenters. The first-order valence-electron chi connectivity index (χ1n) is 9.51. The lowest BCUT2D eigenvalue weighted by Gasteiger charge is -2.25. The van der Waals surface area contributed by atoms with Crippen LogP contribution in [0.25, 0.3) is 0 Å². The van der Waals surface area contributed by atoms with Crippen LogP contribution in [0.3, 0.4) is 0 Å². The second-order valence-corrected chi connectivity index (χ2v) is 9.51. The number of piperidine rings is 1. The van der Waals surface area contributed by atoms with Gasteiger partial charge >= 0.3 is 6.09 Å². The second kappa shape index (κ2) is 7.93. The van der Waals surface area contributed by atoms with Crippen LogP contribution in [-0.4, -0.2) is 41.3 Å². The van der Waals surface area contributed by atoms with E-state index in [1.54, 1.807) is 11.0 Å². The van der Waals surface area contributed by atoms with Gasteiger partial charge in [-0.2, -0.15) is 0 Å². The van der Waals surface area contributed by atoms with Crippen molar-refractivity contribution in [2.45, 2.75) is 45.6 Å². The lowest BCUT2D eigenvalue weighted by Crippen LogP contribution is -2.37. The monoisotopic (exact) mass is 453 g/mol. The Morgan fingerprint density at radius 2 is 1.86 bits per heavy atom. The molecule has 1 saturated carbocycles. The van der Waals surface area contributed by atoms with Crippen molar-refractivity contribution >= 4 is 33.6 Å². The molecule has 0 N–H and O–H groups in total. The van der Waals surface area contributed by atoms with Crippen molar-refractivity contribution in [1.82, 2.24) is 4.90 Å². The minimum absolute atomic E-state index is 0.0397.